The predicted octanol–water partition coefficient (Wildman–Crippen LogP) is 2.87. The zero-order chi connectivity index (χ0) is 16.1. The van der Waals surface area contributed by atoms with Crippen LogP contribution in [0.25, 0.3) is 10.8 Å². The molecule has 0 aliphatic carbocycles. The van der Waals surface area contributed by atoms with Gasteiger partial charge in [0.25, 0.3) is 11.1 Å². The minimum atomic E-state index is -3.47. The smallest absolute Gasteiger partial charge is 0.276 e. The third-order valence-electron chi connectivity index (χ3n) is 2.81. The first-order chi connectivity index (χ1) is 11.1. The highest BCUT2D eigenvalue weighted by Gasteiger charge is 2.13. The predicted molar refractivity (Wildman–Crippen MR) is 90.0 cm³/mol. The maximum absolute atomic E-state index is 12.0. The molecular formula is C14H13N3O3S3. The standard InChI is InChI=1S/C14H13N3O3S3/c18-23(19,11-5-2-1-3-6-11)15-8-10-22-14-17-16-13(20-14)12-7-4-9-21-12/h1-7,9,15H,8,10H2. The van der Waals surface area contributed by atoms with Crippen molar-refractivity contribution in [3.05, 3.63) is 47.8 Å². The molecule has 2 aromatic heterocycles. The SMILES string of the molecule is O=S(=O)(NCCSc1nnc(-c2cccs2)o1)c1ccccc1. The molecule has 1 aromatic carbocycles. The van der Waals surface area contributed by atoms with E-state index in [1.807, 2.05) is 17.5 Å². The molecular weight excluding hydrogens is 354 g/mol. The van der Waals surface area contributed by atoms with Gasteiger partial charge in [-0.25, -0.2) is 13.1 Å². The fraction of sp³-hybridized carbons (Fsp3) is 0.143. The molecule has 3 aromatic rings. The number of thiophene rings is 1. The summed E-state index contributed by atoms with van der Waals surface area (Å²) in [5, 5.41) is 10.3. The van der Waals surface area contributed by atoms with Crippen LogP contribution in [0.2, 0.25) is 0 Å². The molecule has 6 nitrogen and oxygen atoms in total. The fourth-order valence-corrected chi connectivity index (χ4v) is 4.21. The van der Waals surface area contributed by atoms with E-state index in [-0.39, 0.29) is 11.4 Å². The first-order valence-corrected chi connectivity index (χ1v) is 10.0. The zero-order valence-electron chi connectivity index (χ0n) is 11.9. The molecule has 0 aliphatic heterocycles. The monoisotopic (exact) mass is 367 g/mol. The van der Waals surface area contributed by atoms with E-state index >= 15 is 0 Å². The summed E-state index contributed by atoms with van der Waals surface area (Å²) in [6.45, 7) is 0.276. The van der Waals surface area contributed by atoms with Crippen LogP contribution in [0.4, 0.5) is 0 Å². The summed E-state index contributed by atoms with van der Waals surface area (Å²) in [5.74, 6) is 0.977. The lowest BCUT2D eigenvalue weighted by Gasteiger charge is -2.05. The summed E-state index contributed by atoms with van der Waals surface area (Å²) in [4.78, 5) is 1.16. The average molecular weight is 367 g/mol. The van der Waals surface area contributed by atoms with E-state index in [9.17, 15) is 8.42 Å². The topological polar surface area (TPSA) is 85.1 Å². The molecule has 0 saturated heterocycles. The van der Waals surface area contributed by atoms with E-state index < -0.39 is 10.0 Å². The van der Waals surface area contributed by atoms with Gasteiger partial charge in [-0.2, -0.15) is 0 Å². The zero-order valence-corrected chi connectivity index (χ0v) is 14.3. The number of thioether (sulfide) groups is 1. The summed E-state index contributed by atoms with van der Waals surface area (Å²) in [6.07, 6.45) is 0. The molecule has 2 heterocycles. The van der Waals surface area contributed by atoms with Crippen LogP contribution in [-0.2, 0) is 10.0 Å². The number of benzene rings is 1. The van der Waals surface area contributed by atoms with Crippen molar-refractivity contribution in [2.24, 2.45) is 0 Å². The Bertz CT molecular complexity index is 846. The second kappa shape index (κ2) is 7.26. The molecule has 0 unspecified atom stereocenters. The maximum Gasteiger partial charge on any atom is 0.276 e. The first kappa shape index (κ1) is 16.2. The lowest BCUT2D eigenvalue weighted by Crippen LogP contribution is -2.25. The normalized spacial score (nSPS) is 11.7. The molecule has 0 saturated carbocycles. The van der Waals surface area contributed by atoms with Gasteiger partial charge < -0.3 is 4.42 Å². The van der Waals surface area contributed by atoms with E-state index in [0.717, 1.165) is 4.88 Å². The van der Waals surface area contributed by atoms with Crippen molar-refractivity contribution in [1.82, 2.24) is 14.9 Å². The van der Waals surface area contributed by atoms with Gasteiger partial charge in [0.15, 0.2) is 0 Å². The van der Waals surface area contributed by atoms with Gasteiger partial charge in [0.05, 0.1) is 9.77 Å². The lowest BCUT2D eigenvalue weighted by molar-refractivity contribution is 0.466. The van der Waals surface area contributed by atoms with Crippen LogP contribution in [0.15, 0.2) is 62.4 Å². The summed E-state index contributed by atoms with van der Waals surface area (Å²) >= 11 is 2.83. The Morgan fingerprint density at radius 2 is 1.96 bits per heavy atom. The Kier molecular flexibility index (Phi) is 5.11. The van der Waals surface area contributed by atoms with Gasteiger partial charge in [-0.15, -0.1) is 21.5 Å². The van der Waals surface area contributed by atoms with Gasteiger partial charge in [-0.05, 0) is 23.6 Å². The fourth-order valence-electron chi connectivity index (χ4n) is 1.77. The second-order valence-corrected chi connectivity index (χ2v) is 8.17. The Balaban J connectivity index is 1.51. The van der Waals surface area contributed by atoms with E-state index in [1.54, 1.807) is 30.3 Å². The van der Waals surface area contributed by atoms with Crippen molar-refractivity contribution in [1.29, 1.82) is 0 Å². The highest BCUT2D eigenvalue weighted by molar-refractivity contribution is 7.99. The number of aromatic nitrogens is 2. The van der Waals surface area contributed by atoms with Crippen LogP contribution < -0.4 is 4.72 Å². The van der Waals surface area contributed by atoms with Gasteiger partial charge in [0.2, 0.25) is 10.0 Å². The molecule has 0 bridgehead atoms. The number of nitrogens with zero attached hydrogens (tertiary/aromatic N) is 2. The molecule has 23 heavy (non-hydrogen) atoms. The third kappa shape index (κ3) is 4.20. The quantitative estimate of drug-likeness (QED) is 0.510. The highest BCUT2D eigenvalue weighted by Crippen LogP contribution is 2.26. The number of hydrogen-bond donors (Lipinski definition) is 1. The summed E-state index contributed by atoms with van der Waals surface area (Å²) in [7, 11) is -3.47. The Labute approximate surface area is 142 Å². The third-order valence-corrected chi connectivity index (χ3v) is 5.97. The summed E-state index contributed by atoms with van der Waals surface area (Å²) in [5.41, 5.74) is 0. The van der Waals surface area contributed by atoms with Gasteiger partial charge >= 0.3 is 0 Å². The first-order valence-electron chi connectivity index (χ1n) is 6.70. The van der Waals surface area contributed by atoms with Crippen LogP contribution in [0.1, 0.15) is 0 Å². The average Bonchev–Trinajstić information content (AvgIpc) is 3.24. The number of nitrogens with one attached hydrogen (secondary N) is 1. The van der Waals surface area contributed by atoms with Crippen molar-refractivity contribution in [2.45, 2.75) is 10.1 Å². The molecule has 0 amide bonds. The van der Waals surface area contributed by atoms with Crippen LogP contribution >= 0.6 is 23.1 Å². The van der Waals surface area contributed by atoms with Gasteiger partial charge in [-0.1, -0.05) is 36.0 Å². The number of sulfonamides is 1. The Hall–Kier alpha value is -1.68. The van der Waals surface area contributed by atoms with E-state index in [4.69, 9.17) is 4.42 Å². The van der Waals surface area contributed by atoms with Crippen molar-refractivity contribution in [2.75, 3.05) is 12.3 Å². The van der Waals surface area contributed by atoms with Gasteiger partial charge in [0.1, 0.15) is 0 Å². The lowest BCUT2D eigenvalue weighted by atomic mass is 10.4. The second-order valence-electron chi connectivity index (χ2n) is 4.41. The Morgan fingerprint density at radius 3 is 2.70 bits per heavy atom. The summed E-state index contributed by atoms with van der Waals surface area (Å²) in [6, 6.07) is 12.1. The van der Waals surface area contributed by atoms with E-state index in [2.05, 4.69) is 14.9 Å². The number of hydrogen-bond acceptors (Lipinski definition) is 7. The van der Waals surface area contributed by atoms with Crippen LogP contribution in [-0.4, -0.2) is 30.9 Å². The van der Waals surface area contributed by atoms with Crippen LogP contribution in [0, 0.1) is 0 Å². The van der Waals surface area contributed by atoms with E-state index in [0.29, 0.717) is 16.9 Å². The molecule has 120 valence electrons. The minimum absolute atomic E-state index is 0.253. The molecule has 0 radical (unpaired) electrons. The van der Waals surface area contributed by atoms with Crippen molar-refractivity contribution < 1.29 is 12.8 Å². The largest absolute Gasteiger partial charge is 0.410 e. The molecule has 0 fully saturated rings. The molecule has 0 spiro atoms. The molecule has 1 N–H and O–H groups in total. The molecule has 9 heteroatoms. The molecule has 0 atom stereocenters. The minimum Gasteiger partial charge on any atom is -0.410 e. The Morgan fingerprint density at radius 1 is 1.13 bits per heavy atom. The number of rotatable bonds is 7. The van der Waals surface area contributed by atoms with Crippen molar-refractivity contribution in [3.8, 4) is 10.8 Å². The molecule has 3 rings (SSSR count). The summed E-state index contributed by atoms with van der Waals surface area (Å²) < 4.78 is 32.1. The van der Waals surface area contributed by atoms with Crippen molar-refractivity contribution in [3.63, 3.8) is 0 Å². The van der Waals surface area contributed by atoms with Gasteiger partial charge in [-0.3, -0.25) is 0 Å². The highest BCUT2D eigenvalue weighted by atomic mass is 32.2. The maximum atomic E-state index is 12.0. The van der Waals surface area contributed by atoms with Crippen LogP contribution in [0.3, 0.4) is 0 Å². The van der Waals surface area contributed by atoms with Crippen molar-refractivity contribution >= 4 is 33.1 Å². The van der Waals surface area contributed by atoms with E-state index in [1.165, 1.54) is 23.1 Å². The molecule has 0 aliphatic rings. The van der Waals surface area contributed by atoms with Crippen LogP contribution in [0.5, 0.6) is 0 Å². The van der Waals surface area contributed by atoms with Gasteiger partial charge in [0, 0.05) is 12.3 Å².